The molecule has 0 aliphatic carbocycles. The Morgan fingerprint density at radius 2 is 2.18 bits per heavy atom. The van der Waals surface area contributed by atoms with Gasteiger partial charge >= 0.3 is 0 Å². The molecule has 1 N–H and O–H groups in total. The van der Waals surface area contributed by atoms with E-state index in [-0.39, 0.29) is 24.6 Å². The van der Waals surface area contributed by atoms with Gasteiger partial charge in [0.1, 0.15) is 12.3 Å². The SMILES string of the molecule is O=C(COCCCl)Nc1ccccc1[N+](=O)[O-]. The molecule has 0 aliphatic rings. The fraction of sp³-hybridized carbons (Fsp3) is 0.300. The number of halogens is 1. The molecule has 1 aromatic rings. The second-order valence-corrected chi connectivity index (χ2v) is 3.44. The monoisotopic (exact) mass is 258 g/mol. The molecule has 1 amide bonds. The summed E-state index contributed by atoms with van der Waals surface area (Å²) in [6.07, 6.45) is 0. The van der Waals surface area contributed by atoms with E-state index in [1.807, 2.05) is 0 Å². The van der Waals surface area contributed by atoms with Crippen LogP contribution in [0.3, 0.4) is 0 Å². The Balaban J connectivity index is 2.61. The van der Waals surface area contributed by atoms with Crippen LogP contribution in [0.5, 0.6) is 0 Å². The van der Waals surface area contributed by atoms with Crippen LogP contribution in [0.1, 0.15) is 0 Å². The van der Waals surface area contributed by atoms with E-state index in [1.165, 1.54) is 18.2 Å². The summed E-state index contributed by atoms with van der Waals surface area (Å²) < 4.78 is 4.90. The van der Waals surface area contributed by atoms with Gasteiger partial charge in [-0.2, -0.15) is 0 Å². The van der Waals surface area contributed by atoms with Crippen LogP contribution in [0.25, 0.3) is 0 Å². The molecule has 6 nitrogen and oxygen atoms in total. The molecule has 0 spiro atoms. The standard InChI is InChI=1S/C10H11ClN2O4/c11-5-6-17-7-10(14)12-8-3-1-2-4-9(8)13(15)16/h1-4H,5-7H2,(H,12,14). The van der Waals surface area contributed by atoms with Crippen molar-refractivity contribution in [3.8, 4) is 0 Å². The number of carbonyl (C=O) groups excluding carboxylic acids is 1. The first-order chi connectivity index (χ1) is 8.15. The Kier molecular flexibility index (Phi) is 5.38. The van der Waals surface area contributed by atoms with Gasteiger partial charge in [0.05, 0.1) is 11.5 Å². The third-order valence-electron chi connectivity index (χ3n) is 1.83. The van der Waals surface area contributed by atoms with Gasteiger partial charge in [-0.3, -0.25) is 14.9 Å². The minimum Gasteiger partial charge on any atom is -0.370 e. The van der Waals surface area contributed by atoms with Crippen molar-refractivity contribution in [1.29, 1.82) is 0 Å². The first-order valence-corrected chi connectivity index (χ1v) is 5.35. The molecule has 1 rings (SSSR count). The van der Waals surface area contributed by atoms with Crippen molar-refractivity contribution in [2.75, 3.05) is 24.4 Å². The number of rotatable bonds is 6. The van der Waals surface area contributed by atoms with Gasteiger partial charge in [0.15, 0.2) is 0 Å². The van der Waals surface area contributed by atoms with E-state index in [2.05, 4.69) is 5.32 Å². The number of nitrogens with one attached hydrogen (secondary N) is 1. The molecule has 1 aromatic carbocycles. The Morgan fingerprint density at radius 1 is 1.47 bits per heavy atom. The summed E-state index contributed by atoms with van der Waals surface area (Å²) in [4.78, 5) is 21.5. The lowest BCUT2D eigenvalue weighted by Gasteiger charge is -2.05. The number of alkyl halides is 1. The first kappa shape index (κ1) is 13.4. The lowest BCUT2D eigenvalue weighted by atomic mass is 10.2. The number of nitro groups is 1. The number of nitro benzene ring substituents is 1. The summed E-state index contributed by atoms with van der Waals surface area (Å²) in [6.45, 7) is 0.0740. The molecule has 0 aromatic heterocycles. The van der Waals surface area contributed by atoms with Crippen molar-refractivity contribution in [3.05, 3.63) is 34.4 Å². The lowest BCUT2D eigenvalue weighted by Crippen LogP contribution is -2.19. The smallest absolute Gasteiger partial charge is 0.292 e. The lowest BCUT2D eigenvalue weighted by molar-refractivity contribution is -0.383. The molecule has 7 heteroatoms. The number of para-hydroxylation sites is 2. The average molecular weight is 259 g/mol. The normalized spacial score (nSPS) is 9.94. The highest BCUT2D eigenvalue weighted by Crippen LogP contribution is 2.22. The molecule has 0 unspecified atom stereocenters. The summed E-state index contributed by atoms with van der Waals surface area (Å²) in [5, 5.41) is 13.1. The molecular weight excluding hydrogens is 248 g/mol. The molecule has 0 radical (unpaired) electrons. The molecule has 92 valence electrons. The predicted molar refractivity (Wildman–Crippen MR) is 63.3 cm³/mol. The quantitative estimate of drug-likeness (QED) is 0.365. The van der Waals surface area contributed by atoms with Crippen LogP contribution in [-0.2, 0) is 9.53 Å². The van der Waals surface area contributed by atoms with E-state index in [4.69, 9.17) is 16.3 Å². The summed E-state index contributed by atoms with van der Waals surface area (Å²) in [5.74, 6) is -0.164. The Labute approximate surface area is 103 Å². The van der Waals surface area contributed by atoms with Crippen LogP contribution < -0.4 is 5.32 Å². The van der Waals surface area contributed by atoms with Gasteiger partial charge in [-0.25, -0.2) is 0 Å². The third-order valence-corrected chi connectivity index (χ3v) is 1.98. The second kappa shape index (κ2) is 6.82. The zero-order valence-corrected chi connectivity index (χ0v) is 9.64. The Morgan fingerprint density at radius 3 is 2.82 bits per heavy atom. The number of amides is 1. The van der Waals surface area contributed by atoms with Gasteiger partial charge < -0.3 is 10.1 Å². The maximum atomic E-state index is 11.4. The van der Waals surface area contributed by atoms with Crippen LogP contribution in [0, 0.1) is 10.1 Å². The minimum atomic E-state index is -0.560. The van der Waals surface area contributed by atoms with E-state index in [9.17, 15) is 14.9 Å². The van der Waals surface area contributed by atoms with Crippen molar-refractivity contribution in [2.24, 2.45) is 0 Å². The topological polar surface area (TPSA) is 81.5 Å². The first-order valence-electron chi connectivity index (χ1n) is 4.82. The van der Waals surface area contributed by atoms with E-state index in [0.717, 1.165) is 0 Å². The Bertz CT molecular complexity index is 411. The number of ether oxygens (including phenoxy) is 1. The van der Waals surface area contributed by atoms with Gasteiger partial charge in [0.25, 0.3) is 11.6 Å². The molecular formula is C10H11ClN2O4. The number of hydrogen-bond acceptors (Lipinski definition) is 4. The highest BCUT2D eigenvalue weighted by molar-refractivity contribution is 6.18. The molecule has 0 atom stereocenters. The van der Waals surface area contributed by atoms with Crippen LogP contribution in [0.15, 0.2) is 24.3 Å². The van der Waals surface area contributed by atoms with Crippen molar-refractivity contribution < 1.29 is 14.5 Å². The van der Waals surface area contributed by atoms with Crippen molar-refractivity contribution in [2.45, 2.75) is 0 Å². The van der Waals surface area contributed by atoms with Crippen LogP contribution in [0.2, 0.25) is 0 Å². The summed E-state index contributed by atoms with van der Waals surface area (Å²) >= 11 is 5.37. The highest BCUT2D eigenvalue weighted by Gasteiger charge is 2.14. The van der Waals surface area contributed by atoms with E-state index in [0.29, 0.717) is 5.88 Å². The summed E-state index contributed by atoms with van der Waals surface area (Å²) in [6, 6.07) is 5.90. The zero-order valence-electron chi connectivity index (χ0n) is 8.89. The molecule has 0 saturated heterocycles. The third kappa shape index (κ3) is 4.38. The van der Waals surface area contributed by atoms with Crippen LogP contribution in [0.4, 0.5) is 11.4 Å². The van der Waals surface area contributed by atoms with Crippen LogP contribution in [-0.4, -0.2) is 29.9 Å². The number of benzene rings is 1. The van der Waals surface area contributed by atoms with E-state index < -0.39 is 10.8 Å². The predicted octanol–water partition coefficient (Wildman–Crippen LogP) is 1.79. The molecule has 0 fully saturated rings. The fourth-order valence-electron chi connectivity index (χ4n) is 1.14. The van der Waals surface area contributed by atoms with Crippen molar-refractivity contribution in [1.82, 2.24) is 0 Å². The number of carbonyl (C=O) groups is 1. The minimum absolute atomic E-state index is 0.150. The van der Waals surface area contributed by atoms with Gasteiger partial charge in [-0.1, -0.05) is 12.1 Å². The van der Waals surface area contributed by atoms with Gasteiger partial charge in [-0.05, 0) is 6.07 Å². The van der Waals surface area contributed by atoms with E-state index in [1.54, 1.807) is 6.07 Å². The molecule has 0 saturated carbocycles. The van der Waals surface area contributed by atoms with Crippen molar-refractivity contribution in [3.63, 3.8) is 0 Å². The molecule has 0 aliphatic heterocycles. The maximum Gasteiger partial charge on any atom is 0.292 e. The fourth-order valence-corrected chi connectivity index (χ4v) is 1.25. The molecule has 0 heterocycles. The largest absolute Gasteiger partial charge is 0.370 e. The average Bonchev–Trinajstić information content (AvgIpc) is 2.29. The summed E-state index contributed by atoms with van der Waals surface area (Å²) in [5.41, 5.74) is -0.00448. The maximum absolute atomic E-state index is 11.4. The molecule has 0 bridgehead atoms. The number of nitrogens with zero attached hydrogens (tertiary/aromatic N) is 1. The second-order valence-electron chi connectivity index (χ2n) is 3.06. The molecule has 17 heavy (non-hydrogen) atoms. The van der Waals surface area contributed by atoms with E-state index >= 15 is 0 Å². The zero-order chi connectivity index (χ0) is 12.7. The highest BCUT2D eigenvalue weighted by atomic mass is 35.5. The number of anilines is 1. The van der Waals surface area contributed by atoms with Crippen molar-refractivity contribution >= 4 is 28.9 Å². The number of hydrogen-bond donors (Lipinski definition) is 1. The van der Waals surface area contributed by atoms with Gasteiger partial charge in [0, 0.05) is 11.9 Å². The van der Waals surface area contributed by atoms with Gasteiger partial charge in [-0.15, -0.1) is 11.6 Å². The Hall–Kier alpha value is -1.66. The van der Waals surface area contributed by atoms with Crippen LogP contribution >= 0.6 is 11.6 Å². The van der Waals surface area contributed by atoms with Gasteiger partial charge in [0.2, 0.25) is 0 Å². The summed E-state index contributed by atoms with van der Waals surface area (Å²) in [7, 11) is 0.